The maximum absolute atomic E-state index is 12.3. The Morgan fingerprint density at radius 3 is 2.56 bits per heavy atom. The number of fused-ring (bicyclic) bond motifs is 1. The van der Waals surface area contributed by atoms with E-state index < -0.39 is 0 Å². The van der Waals surface area contributed by atoms with Crippen LogP contribution < -0.4 is 10.6 Å². The van der Waals surface area contributed by atoms with Gasteiger partial charge in [-0.2, -0.15) is 0 Å². The summed E-state index contributed by atoms with van der Waals surface area (Å²) in [5.74, 6) is -0.209. The molecule has 2 N–H and O–H groups in total. The molecule has 2 amide bonds. The summed E-state index contributed by atoms with van der Waals surface area (Å²) in [5.41, 5.74) is 3.10. The average Bonchev–Trinajstić information content (AvgIpc) is 2.95. The van der Waals surface area contributed by atoms with E-state index in [0.29, 0.717) is 30.0 Å². The summed E-state index contributed by atoms with van der Waals surface area (Å²) >= 11 is 0. The topological polar surface area (TPSA) is 84.2 Å². The molecule has 0 saturated carbocycles. The van der Waals surface area contributed by atoms with Crippen LogP contribution in [0.5, 0.6) is 0 Å². The zero-order valence-corrected chi connectivity index (χ0v) is 14.1. The van der Waals surface area contributed by atoms with Gasteiger partial charge in [0.25, 0.3) is 11.8 Å². The summed E-state index contributed by atoms with van der Waals surface area (Å²) in [6, 6.07) is 9.19. The number of aromatic nitrogens is 1. The average molecular weight is 337 g/mol. The molecule has 0 spiro atoms. The van der Waals surface area contributed by atoms with Crippen molar-refractivity contribution in [2.24, 2.45) is 0 Å². The highest BCUT2D eigenvalue weighted by molar-refractivity contribution is 5.99. The monoisotopic (exact) mass is 337 g/mol. The van der Waals surface area contributed by atoms with Gasteiger partial charge in [-0.25, -0.2) is 0 Å². The lowest BCUT2D eigenvalue weighted by Crippen LogP contribution is -2.34. The van der Waals surface area contributed by atoms with Gasteiger partial charge in [0.15, 0.2) is 5.76 Å². The van der Waals surface area contributed by atoms with E-state index in [-0.39, 0.29) is 11.8 Å². The van der Waals surface area contributed by atoms with E-state index in [2.05, 4.69) is 15.6 Å². The number of amides is 2. The third-order valence-electron chi connectivity index (χ3n) is 3.92. The molecular weight excluding hydrogens is 318 g/mol. The minimum absolute atomic E-state index is 0.224. The summed E-state index contributed by atoms with van der Waals surface area (Å²) < 4.78 is 5.66. The number of hydrogen-bond donors (Lipinski definition) is 2. The molecule has 2 aromatic heterocycles. The highest BCUT2D eigenvalue weighted by Crippen LogP contribution is 2.26. The minimum Gasteiger partial charge on any atom is -0.451 e. The molecule has 0 radical (unpaired) electrons. The number of furan rings is 1. The Morgan fingerprint density at radius 1 is 1.08 bits per heavy atom. The number of aryl methyl sites for hydroxylation is 2. The van der Waals surface area contributed by atoms with Crippen molar-refractivity contribution in [2.75, 3.05) is 13.1 Å². The standard InChI is InChI=1S/C19H19N3O3/c1-12-5-6-16-15(10-12)13(2)17(25-16)19(24)22-9-8-21-18(23)14-4-3-7-20-11-14/h3-7,10-11H,8-9H2,1-2H3,(H,21,23)(H,22,24). The lowest BCUT2D eigenvalue weighted by Gasteiger charge is -2.06. The largest absolute Gasteiger partial charge is 0.451 e. The molecule has 25 heavy (non-hydrogen) atoms. The second kappa shape index (κ2) is 7.17. The lowest BCUT2D eigenvalue weighted by atomic mass is 10.1. The molecule has 0 aliphatic heterocycles. The number of nitrogens with zero attached hydrogens (tertiary/aromatic N) is 1. The Bertz CT molecular complexity index is 916. The predicted molar refractivity (Wildman–Crippen MR) is 94.6 cm³/mol. The van der Waals surface area contributed by atoms with Gasteiger partial charge in [0, 0.05) is 36.4 Å². The number of benzene rings is 1. The Balaban J connectivity index is 1.56. The van der Waals surface area contributed by atoms with Gasteiger partial charge >= 0.3 is 0 Å². The SMILES string of the molecule is Cc1ccc2oc(C(=O)NCCNC(=O)c3cccnc3)c(C)c2c1. The van der Waals surface area contributed by atoms with E-state index in [9.17, 15) is 9.59 Å². The zero-order chi connectivity index (χ0) is 17.8. The lowest BCUT2D eigenvalue weighted by molar-refractivity contribution is 0.0911. The second-order valence-electron chi connectivity index (χ2n) is 5.81. The van der Waals surface area contributed by atoms with E-state index in [0.717, 1.165) is 16.5 Å². The molecule has 0 aliphatic rings. The number of hydrogen-bond acceptors (Lipinski definition) is 4. The van der Waals surface area contributed by atoms with Crippen LogP contribution in [0, 0.1) is 13.8 Å². The van der Waals surface area contributed by atoms with Crippen molar-refractivity contribution in [1.29, 1.82) is 0 Å². The molecule has 2 heterocycles. The Kier molecular flexibility index (Phi) is 4.79. The zero-order valence-electron chi connectivity index (χ0n) is 14.1. The first kappa shape index (κ1) is 16.7. The van der Waals surface area contributed by atoms with E-state index in [1.807, 2.05) is 32.0 Å². The van der Waals surface area contributed by atoms with E-state index >= 15 is 0 Å². The third kappa shape index (κ3) is 3.68. The van der Waals surface area contributed by atoms with Crippen LogP contribution >= 0.6 is 0 Å². The quantitative estimate of drug-likeness (QED) is 0.701. The van der Waals surface area contributed by atoms with Crippen molar-refractivity contribution in [1.82, 2.24) is 15.6 Å². The fraction of sp³-hybridized carbons (Fsp3) is 0.211. The maximum atomic E-state index is 12.3. The fourth-order valence-electron chi connectivity index (χ4n) is 2.58. The Morgan fingerprint density at radius 2 is 1.84 bits per heavy atom. The van der Waals surface area contributed by atoms with Gasteiger partial charge in [-0.3, -0.25) is 14.6 Å². The van der Waals surface area contributed by atoms with Crippen LogP contribution in [-0.2, 0) is 0 Å². The van der Waals surface area contributed by atoms with Crippen molar-refractivity contribution in [3.05, 3.63) is 65.2 Å². The van der Waals surface area contributed by atoms with Crippen molar-refractivity contribution in [3.8, 4) is 0 Å². The Labute approximate surface area is 145 Å². The molecule has 0 unspecified atom stereocenters. The first-order chi connectivity index (χ1) is 12.1. The van der Waals surface area contributed by atoms with Gasteiger partial charge in [0.1, 0.15) is 5.58 Å². The Hall–Kier alpha value is -3.15. The van der Waals surface area contributed by atoms with E-state index in [1.54, 1.807) is 18.3 Å². The van der Waals surface area contributed by atoms with Gasteiger partial charge in [-0.05, 0) is 38.1 Å². The van der Waals surface area contributed by atoms with Crippen LogP contribution in [0.4, 0.5) is 0 Å². The van der Waals surface area contributed by atoms with Crippen LogP contribution in [0.2, 0.25) is 0 Å². The molecule has 3 rings (SSSR count). The van der Waals surface area contributed by atoms with E-state index in [1.165, 1.54) is 6.20 Å². The first-order valence-electron chi connectivity index (χ1n) is 8.02. The van der Waals surface area contributed by atoms with Gasteiger partial charge in [0.05, 0.1) is 5.56 Å². The molecular formula is C19H19N3O3. The summed E-state index contributed by atoms with van der Waals surface area (Å²) in [4.78, 5) is 28.1. The van der Waals surface area contributed by atoms with Gasteiger partial charge in [-0.1, -0.05) is 11.6 Å². The van der Waals surface area contributed by atoms with Gasteiger partial charge < -0.3 is 15.1 Å². The molecule has 6 heteroatoms. The molecule has 0 fully saturated rings. The predicted octanol–water partition coefficient (Wildman–Crippen LogP) is 2.60. The van der Waals surface area contributed by atoms with Crippen molar-refractivity contribution < 1.29 is 14.0 Å². The highest BCUT2D eigenvalue weighted by Gasteiger charge is 2.17. The first-order valence-corrected chi connectivity index (χ1v) is 8.02. The van der Waals surface area contributed by atoms with Crippen LogP contribution in [0.1, 0.15) is 32.0 Å². The van der Waals surface area contributed by atoms with E-state index in [4.69, 9.17) is 4.42 Å². The van der Waals surface area contributed by atoms with Crippen LogP contribution in [0.25, 0.3) is 11.0 Å². The molecule has 128 valence electrons. The number of pyridine rings is 1. The number of carbonyl (C=O) groups excluding carboxylic acids is 2. The van der Waals surface area contributed by atoms with Crippen LogP contribution in [0.3, 0.4) is 0 Å². The molecule has 0 atom stereocenters. The molecule has 1 aromatic carbocycles. The summed E-state index contributed by atoms with van der Waals surface area (Å²) in [7, 11) is 0. The van der Waals surface area contributed by atoms with Crippen molar-refractivity contribution in [2.45, 2.75) is 13.8 Å². The number of nitrogens with one attached hydrogen (secondary N) is 2. The summed E-state index contributed by atoms with van der Waals surface area (Å²) in [6.45, 7) is 4.49. The fourth-order valence-corrected chi connectivity index (χ4v) is 2.58. The molecule has 3 aromatic rings. The summed E-state index contributed by atoms with van der Waals surface area (Å²) in [6.07, 6.45) is 3.10. The van der Waals surface area contributed by atoms with Crippen LogP contribution in [0.15, 0.2) is 47.1 Å². The van der Waals surface area contributed by atoms with Crippen molar-refractivity contribution in [3.63, 3.8) is 0 Å². The van der Waals surface area contributed by atoms with Gasteiger partial charge in [0.2, 0.25) is 0 Å². The third-order valence-corrected chi connectivity index (χ3v) is 3.92. The molecule has 0 saturated heterocycles. The molecule has 0 bridgehead atoms. The smallest absolute Gasteiger partial charge is 0.287 e. The molecule has 0 aliphatic carbocycles. The number of carbonyl (C=O) groups is 2. The van der Waals surface area contributed by atoms with Gasteiger partial charge in [-0.15, -0.1) is 0 Å². The van der Waals surface area contributed by atoms with Crippen molar-refractivity contribution >= 4 is 22.8 Å². The van der Waals surface area contributed by atoms with Crippen LogP contribution in [-0.4, -0.2) is 29.9 Å². The minimum atomic E-state index is -0.290. The highest BCUT2D eigenvalue weighted by atomic mass is 16.3. The summed E-state index contributed by atoms with van der Waals surface area (Å²) in [5, 5.41) is 6.43. The maximum Gasteiger partial charge on any atom is 0.287 e. The normalized spacial score (nSPS) is 10.6. The second-order valence-corrected chi connectivity index (χ2v) is 5.81. The molecule has 6 nitrogen and oxygen atoms in total. The number of rotatable bonds is 5.